The van der Waals surface area contributed by atoms with Crippen molar-refractivity contribution in [1.29, 1.82) is 0 Å². The Bertz CT molecular complexity index is 645. The number of benzene rings is 1. The number of carbonyl (C=O) groups is 1. The van der Waals surface area contributed by atoms with Crippen molar-refractivity contribution in [3.05, 3.63) is 52.2 Å². The van der Waals surface area contributed by atoms with Gasteiger partial charge < -0.3 is 10.1 Å². The first kappa shape index (κ1) is 19.5. The molecule has 0 unspecified atom stereocenters. The summed E-state index contributed by atoms with van der Waals surface area (Å²) in [6, 6.07) is 10.2. The lowest BCUT2D eigenvalue weighted by Gasteiger charge is -2.19. The summed E-state index contributed by atoms with van der Waals surface area (Å²) in [6.45, 7) is 8.71. The molecule has 0 radical (unpaired) electrons. The number of likely N-dealkylation sites (N-methyl/N-ethyl adjacent to an activating group) is 1. The minimum Gasteiger partial charge on any atom is -0.492 e. The summed E-state index contributed by atoms with van der Waals surface area (Å²) >= 11 is 1.67. The quantitative estimate of drug-likeness (QED) is 0.730. The summed E-state index contributed by atoms with van der Waals surface area (Å²) in [5.74, 6) is 0.848. The molecule has 0 bridgehead atoms. The fraction of sp³-hybridized carbons (Fsp3) is 0.450. The SMILES string of the molecule is CN(CC(=O)NCCOc1ccc(C(C)(C)C)cc1)Cc1ccsc1. The number of nitrogens with zero attached hydrogens (tertiary/aromatic N) is 1. The van der Waals surface area contributed by atoms with E-state index >= 15 is 0 Å². The predicted octanol–water partition coefficient (Wildman–Crippen LogP) is 3.67. The molecule has 0 aliphatic rings. The van der Waals surface area contributed by atoms with E-state index in [2.05, 4.69) is 55.0 Å². The van der Waals surface area contributed by atoms with Gasteiger partial charge in [-0.05, 0) is 52.5 Å². The summed E-state index contributed by atoms with van der Waals surface area (Å²) in [4.78, 5) is 13.9. The second kappa shape index (κ2) is 9.02. The summed E-state index contributed by atoms with van der Waals surface area (Å²) in [7, 11) is 1.95. The minimum atomic E-state index is 0.0180. The molecular weight excluding hydrogens is 332 g/mol. The van der Waals surface area contributed by atoms with E-state index in [1.54, 1.807) is 11.3 Å². The first-order chi connectivity index (χ1) is 11.8. The third-order valence-electron chi connectivity index (χ3n) is 3.86. The van der Waals surface area contributed by atoms with Gasteiger partial charge >= 0.3 is 0 Å². The molecule has 0 fully saturated rings. The Balaban J connectivity index is 1.64. The van der Waals surface area contributed by atoms with Crippen molar-refractivity contribution in [2.75, 3.05) is 26.7 Å². The van der Waals surface area contributed by atoms with Crippen molar-refractivity contribution in [3.63, 3.8) is 0 Å². The van der Waals surface area contributed by atoms with Gasteiger partial charge in [-0.2, -0.15) is 11.3 Å². The number of hydrogen-bond acceptors (Lipinski definition) is 4. The van der Waals surface area contributed by atoms with E-state index < -0.39 is 0 Å². The maximum atomic E-state index is 11.9. The third-order valence-corrected chi connectivity index (χ3v) is 4.59. The van der Waals surface area contributed by atoms with Gasteiger partial charge in [0.1, 0.15) is 12.4 Å². The van der Waals surface area contributed by atoms with Gasteiger partial charge in [0.15, 0.2) is 0 Å². The van der Waals surface area contributed by atoms with Crippen LogP contribution in [0.25, 0.3) is 0 Å². The molecule has 0 saturated carbocycles. The van der Waals surface area contributed by atoms with Crippen LogP contribution in [0.5, 0.6) is 5.75 Å². The molecular formula is C20H28N2O2S. The maximum Gasteiger partial charge on any atom is 0.234 e. The number of nitrogens with one attached hydrogen (secondary N) is 1. The number of hydrogen-bond donors (Lipinski definition) is 1. The minimum absolute atomic E-state index is 0.0180. The van der Waals surface area contributed by atoms with Gasteiger partial charge in [0, 0.05) is 6.54 Å². The Morgan fingerprint density at radius 1 is 1.20 bits per heavy atom. The van der Waals surface area contributed by atoms with Crippen molar-refractivity contribution in [2.24, 2.45) is 0 Å². The number of ether oxygens (including phenoxy) is 1. The number of amides is 1. The van der Waals surface area contributed by atoms with Gasteiger partial charge in [0.2, 0.25) is 5.91 Å². The van der Waals surface area contributed by atoms with E-state index in [1.807, 2.05) is 24.1 Å². The highest BCUT2D eigenvalue weighted by Gasteiger charge is 2.13. The van der Waals surface area contributed by atoms with Crippen LogP contribution in [0.2, 0.25) is 0 Å². The average molecular weight is 361 g/mol. The van der Waals surface area contributed by atoms with E-state index in [0.29, 0.717) is 19.7 Å². The van der Waals surface area contributed by atoms with Gasteiger partial charge in [0.25, 0.3) is 0 Å². The molecule has 136 valence electrons. The lowest BCUT2D eigenvalue weighted by atomic mass is 9.87. The van der Waals surface area contributed by atoms with E-state index in [9.17, 15) is 4.79 Å². The molecule has 25 heavy (non-hydrogen) atoms. The molecule has 0 aliphatic carbocycles. The van der Waals surface area contributed by atoms with Gasteiger partial charge in [-0.3, -0.25) is 9.69 Å². The Morgan fingerprint density at radius 3 is 2.52 bits per heavy atom. The van der Waals surface area contributed by atoms with Crippen molar-refractivity contribution in [1.82, 2.24) is 10.2 Å². The number of carbonyl (C=O) groups excluding carboxylic acids is 1. The van der Waals surface area contributed by atoms with Gasteiger partial charge in [-0.25, -0.2) is 0 Å². The number of rotatable bonds is 8. The standard InChI is InChI=1S/C20H28N2O2S/c1-20(2,3)17-5-7-18(8-6-17)24-11-10-21-19(23)14-22(4)13-16-9-12-25-15-16/h5-9,12,15H,10-11,13-14H2,1-4H3,(H,21,23). The van der Waals surface area contributed by atoms with Crippen LogP contribution in [0.1, 0.15) is 31.9 Å². The van der Waals surface area contributed by atoms with Crippen molar-refractivity contribution in [2.45, 2.75) is 32.7 Å². The van der Waals surface area contributed by atoms with Crippen LogP contribution in [0.15, 0.2) is 41.1 Å². The molecule has 5 heteroatoms. The zero-order valence-electron chi connectivity index (χ0n) is 15.5. The normalized spacial score (nSPS) is 11.6. The molecule has 0 saturated heterocycles. The van der Waals surface area contributed by atoms with E-state index in [1.165, 1.54) is 11.1 Å². The van der Waals surface area contributed by atoms with Gasteiger partial charge in [0.05, 0.1) is 13.1 Å². The molecule has 0 atom stereocenters. The zero-order valence-corrected chi connectivity index (χ0v) is 16.4. The fourth-order valence-electron chi connectivity index (χ4n) is 2.46. The van der Waals surface area contributed by atoms with Crippen LogP contribution in [-0.4, -0.2) is 37.6 Å². The average Bonchev–Trinajstić information content (AvgIpc) is 3.04. The molecule has 0 aliphatic heterocycles. The molecule has 2 aromatic rings. The summed E-state index contributed by atoms with van der Waals surface area (Å²) in [6.07, 6.45) is 0. The second-order valence-corrected chi connectivity index (χ2v) is 8.06. The lowest BCUT2D eigenvalue weighted by Crippen LogP contribution is -2.36. The van der Waals surface area contributed by atoms with E-state index in [-0.39, 0.29) is 11.3 Å². The van der Waals surface area contributed by atoms with Crippen LogP contribution in [0, 0.1) is 0 Å². The molecule has 2 rings (SSSR count). The monoisotopic (exact) mass is 360 g/mol. The Labute approximate surface area is 154 Å². The van der Waals surface area contributed by atoms with E-state index in [4.69, 9.17) is 4.74 Å². The van der Waals surface area contributed by atoms with Crippen LogP contribution >= 0.6 is 11.3 Å². The molecule has 0 spiro atoms. The smallest absolute Gasteiger partial charge is 0.234 e. The summed E-state index contributed by atoms with van der Waals surface area (Å²) < 4.78 is 5.69. The summed E-state index contributed by atoms with van der Waals surface area (Å²) in [5.41, 5.74) is 2.66. The molecule has 1 aromatic carbocycles. The Kier molecular flexibility index (Phi) is 7.02. The Hall–Kier alpha value is -1.85. The van der Waals surface area contributed by atoms with Gasteiger partial charge in [-0.1, -0.05) is 32.9 Å². The molecule has 1 aromatic heterocycles. The topological polar surface area (TPSA) is 41.6 Å². The van der Waals surface area contributed by atoms with Crippen LogP contribution in [-0.2, 0) is 16.8 Å². The van der Waals surface area contributed by atoms with E-state index in [0.717, 1.165) is 12.3 Å². The largest absolute Gasteiger partial charge is 0.492 e. The predicted molar refractivity (Wildman–Crippen MR) is 104 cm³/mol. The van der Waals surface area contributed by atoms with Crippen molar-refractivity contribution < 1.29 is 9.53 Å². The van der Waals surface area contributed by atoms with Gasteiger partial charge in [-0.15, -0.1) is 0 Å². The van der Waals surface area contributed by atoms with Crippen molar-refractivity contribution >= 4 is 17.2 Å². The zero-order chi connectivity index (χ0) is 18.3. The first-order valence-corrected chi connectivity index (χ1v) is 9.48. The molecule has 1 amide bonds. The van der Waals surface area contributed by atoms with Crippen LogP contribution < -0.4 is 10.1 Å². The second-order valence-electron chi connectivity index (χ2n) is 7.28. The Morgan fingerprint density at radius 2 is 1.92 bits per heavy atom. The lowest BCUT2D eigenvalue weighted by molar-refractivity contribution is -0.122. The highest BCUT2D eigenvalue weighted by atomic mass is 32.1. The highest BCUT2D eigenvalue weighted by molar-refractivity contribution is 7.07. The first-order valence-electron chi connectivity index (χ1n) is 8.54. The van der Waals surface area contributed by atoms with Crippen molar-refractivity contribution in [3.8, 4) is 5.75 Å². The van der Waals surface area contributed by atoms with Crippen LogP contribution in [0.4, 0.5) is 0 Å². The molecule has 4 nitrogen and oxygen atoms in total. The summed E-state index contributed by atoms with van der Waals surface area (Å²) in [5, 5.41) is 7.05. The third kappa shape index (κ3) is 6.88. The molecule has 1 N–H and O–H groups in total. The highest BCUT2D eigenvalue weighted by Crippen LogP contribution is 2.24. The maximum absolute atomic E-state index is 11.9. The fourth-order valence-corrected chi connectivity index (χ4v) is 3.12. The molecule has 1 heterocycles. The number of thiophene rings is 1. The van der Waals surface area contributed by atoms with Crippen LogP contribution in [0.3, 0.4) is 0 Å².